The first-order valence-corrected chi connectivity index (χ1v) is 15.6. The molecule has 0 saturated heterocycles. The zero-order valence-corrected chi connectivity index (χ0v) is 27.3. The Balaban J connectivity index is 1.68. The molecular formula is C38H31F9O4. The molecule has 13 heteroatoms. The molecule has 2 aliphatic carbocycles. The highest BCUT2D eigenvalue weighted by Crippen LogP contribution is 2.59. The van der Waals surface area contributed by atoms with Crippen LogP contribution in [0.1, 0.15) is 40.3 Å². The van der Waals surface area contributed by atoms with E-state index in [4.69, 9.17) is 31.8 Å². The SMILES string of the molecule is C#CCOCCOc1cc2c(c(C)c1OCCOCC#C)/C(=C1\c3ccccc3-c3ccc(C(F)(F)C(F)(F)C(F)(F)C(F)(F)F)cc31)C(C)C2. The van der Waals surface area contributed by atoms with Crippen LogP contribution in [0.4, 0.5) is 39.5 Å². The van der Waals surface area contributed by atoms with Crippen molar-refractivity contribution in [2.75, 3.05) is 39.6 Å². The van der Waals surface area contributed by atoms with Crippen LogP contribution in [0.5, 0.6) is 11.5 Å². The number of allylic oxidation sites excluding steroid dienone is 1. The molecule has 5 rings (SSSR count). The number of terminal acetylenes is 2. The minimum absolute atomic E-state index is 0.0234. The van der Waals surface area contributed by atoms with Crippen molar-refractivity contribution in [3.63, 3.8) is 0 Å². The Hall–Kier alpha value is -4.59. The van der Waals surface area contributed by atoms with Gasteiger partial charge in [-0.05, 0) is 75.9 Å². The molecule has 3 aromatic carbocycles. The average molecular weight is 723 g/mol. The molecule has 0 aliphatic heterocycles. The predicted octanol–water partition coefficient (Wildman–Crippen LogP) is 9.11. The van der Waals surface area contributed by atoms with Crippen LogP contribution in [0.15, 0.2) is 48.5 Å². The standard InChI is InChI=1S/C38H31F9O4/c1-5-13-48-15-17-50-30-20-24-19-22(3)31(32(24)23(4)34(30)51-18-16-49-14-6-2)33-28-10-8-7-9-26(28)27-12-11-25(21-29(27)33)35(39,40)36(41,42)37(43,44)38(45,46)47/h1-2,7-12,20-22H,13-19H2,3-4H3/b33-31+. The van der Waals surface area contributed by atoms with Crippen LogP contribution < -0.4 is 9.47 Å². The summed E-state index contributed by atoms with van der Waals surface area (Å²) < 4.78 is 149. The van der Waals surface area contributed by atoms with E-state index in [2.05, 4.69) is 11.8 Å². The lowest BCUT2D eigenvalue weighted by Crippen LogP contribution is -2.59. The fraction of sp³-hybridized carbons (Fsp3) is 0.368. The predicted molar refractivity (Wildman–Crippen MR) is 172 cm³/mol. The van der Waals surface area contributed by atoms with Gasteiger partial charge < -0.3 is 18.9 Å². The third-order valence-corrected chi connectivity index (χ3v) is 8.74. The molecule has 0 amide bonds. The molecule has 0 N–H and O–H groups in total. The summed E-state index contributed by atoms with van der Waals surface area (Å²) in [7, 11) is 0. The maximum atomic E-state index is 15.3. The Morgan fingerprint density at radius 3 is 1.92 bits per heavy atom. The van der Waals surface area contributed by atoms with Crippen molar-refractivity contribution < 1.29 is 58.5 Å². The van der Waals surface area contributed by atoms with Gasteiger partial charge in [-0.3, -0.25) is 0 Å². The second-order valence-electron chi connectivity index (χ2n) is 12.0. The van der Waals surface area contributed by atoms with E-state index in [-0.39, 0.29) is 51.1 Å². The number of fused-ring (bicyclic) bond motifs is 4. The van der Waals surface area contributed by atoms with E-state index < -0.39 is 29.5 Å². The number of hydrogen-bond donors (Lipinski definition) is 0. The van der Waals surface area contributed by atoms with E-state index in [1.807, 2.05) is 6.92 Å². The molecule has 0 bridgehead atoms. The molecule has 3 aromatic rings. The summed E-state index contributed by atoms with van der Waals surface area (Å²) in [5, 5.41) is 0. The fourth-order valence-electron chi connectivity index (χ4n) is 6.49. The molecule has 2 aliphatic rings. The first-order valence-electron chi connectivity index (χ1n) is 15.6. The molecule has 0 radical (unpaired) electrons. The molecule has 0 fully saturated rings. The van der Waals surface area contributed by atoms with Gasteiger partial charge in [0.1, 0.15) is 26.4 Å². The maximum absolute atomic E-state index is 15.3. The topological polar surface area (TPSA) is 36.9 Å². The van der Waals surface area contributed by atoms with Crippen molar-refractivity contribution in [3.8, 4) is 47.3 Å². The summed E-state index contributed by atoms with van der Waals surface area (Å²) in [4.78, 5) is 0. The van der Waals surface area contributed by atoms with Gasteiger partial charge in [-0.1, -0.05) is 55.2 Å². The van der Waals surface area contributed by atoms with Crippen molar-refractivity contribution in [1.29, 1.82) is 0 Å². The molecule has 0 saturated carbocycles. The molecule has 0 heterocycles. The molecule has 0 spiro atoms. The monoisotopic (exact) mass is 722 g/mol. The summed E-state index contributed by atoms with van der Waals surface area (Å²) in [5.41, 5.74) is 2.63. The van der Waals surface area contributed by atoms with Crippen molar-refractivity contribution in [2.45, 2.75) is 44.2 Å². The highest BCUT2D eigenvalue weighted by Gasteiger charge is 2.82. The van der Waals surface area contributed by atoms with Gasteiger partial charge in [0.2, 0.25) is 0 Å². The zero-order chi connectivity index (χ0) is 37.4. The van der Waals surface area contributed by atoms with Gasteiger partial charge in [-0.2, -0.15) is 39.5 Å². The highest BCUT2D eigenvalue weighted by molar-refractivity contribution is 6.12. The van der Waals surface area contributed by atoms with Crippen molar-refractivity contribution >= 4 is 11.1 Å². The molecule has 270 valence electrons. The van der Waals surface area contributed by atoms with Gasteiger partial charge in [0.25, 0.3) is 0 Å². The normalized spacial score (nSPS) is 17.0. The Labute approximate surface area is 288 Å². The van der Waals surface area contributed by atoms with Gasteiger partial charge in [0, 0.05) is 11.1 Å². The Morgan fingerprint density at radius 2 is 1.31 bits per heavy atom. The van der Waals surface area contributed by atoms with Crippen LogP contribution in [-0.4, -0.2) is 57.7 Å². The van der Waals surface area contributed by atoms with Crippen LogP contribution in [0.25, 0.3) is 22.3 Å². The van der Waals surface area contributed by atoms with E-state index in [1.54, 1.807) is 37.3 Å². The summed E-state index contributed by atoms with van der Waals surface area (Å²) in [6.45, 7) is 4.23. The minimum atomic E-state index is -7.03. The van der Waals surface area contributed by atoms with Gasteiger partial charge >= 0.3 is 23.9 Å². The average Bonchev–Trinajstić information content (AvgIpc) is 3.57. The fourth-order valence-corrected chi connectivity index (χ4v) is 6.49. The van der Waals surface area contributed by atoms with E-state index in [1.165, 1.54) is 0 Å². The molecular weight excluding hydrogens is 691 g/mol. The maximum Gasteiger partial charge on any atom is 0.460 e. The third-order valence-electron chi connectivity index (χ3n) is 8.74. The van der Waals surface area contributed by atoms with Crippen LogP contribution in [0, 0.1) is 37.5 Å². The summed E-state index contributed by atoms with van der Waals surface area (Å²) in [5.74, 6) is -14.7. The lowest BCUT2D eigenvalue weighted by atomic mass is 9.87. The summed E-state index contributed by atoms with van der Waals surface area (Å²) in [6, 6.07) is 10.5. The lowest BCUT2D eigenvalue weighted by molar-refractivity contribution is -0.399. The Bertz CT molecular complexity index is 1920. The molecule has 51 heavy (non-hydrogen) atoms. The molecule has 1 atom stereocenters. The van der Waals surface area contributed by atoms with Gasteiger partial charge in [-0.15, -0.1) is 12.8 Å². The van der Waals surface area contributed by atoms with E-state index in [0.29, 0.717) is 69.0 Å². The molecule has 0 aromatic heterocycles. The van der Waals surface area contributed by atoms with Crippen molar-refractivity contribution in [2.24, 2.45) is 5.92 Å². The first-order chi connectivity index (χ1) is 24.0. The second-order valence-corrected chi connectivity index (χ2v) is 12.0. The number of benzene rings is 3. The van der Waals surface area contributed by atoms with Gasteiger partial charge in [-0.25, -0.2) is 0 Å². The molecule has 4 nitrogen and oxygen atoms in total. The van der Waals surface area contributed by atoms with Crippen LogP contribution in [0.3, 0.4) is 0 Å². The van der Waals surface area contributed by atoms with Gasteiger partial charge in [0.05, 0.1) is 13.2 Å². The second kappa shape index (κ2) is 14.2. The largest absolute Gasteiger partial charge is 0.487 e. The number of ether oxygens (including phenoxy) is 4. The highest BCUT2D eigenvalue weighted by atomic mass is 19.4. The minimum Gasteiger partial charge on any atom is -0.487 e. The number of alkyl halides is 9. The molecule has 1 unspecified atom stereocenters. The van der Waals surface area contributed by atoms with E-state index in [9.17, 15) is 30.7 Å². The van der Waals surface area contributed by atoms with Crippen LogP contribution in [0.2, 0.25) is 0 Å². The first kappa shape index (κ1) is 37.7. The van der Waals surface area contributed by atoms with Crippen molar-refractivity contribution in [3.05, 3.63) is 81.9 Å². The number of rotatable bonds is 13. The smallest absolute Gasteiger partial charge is 0.460 e. The van der Waals surface area contributed by atoms with Crippen LogP contribution >= 0.6 is 0 Å². The third kappa shape index (κ3) is 6.54. The summed E-state index contributed by atoms with van der Waals surface area (Å²) in [6.07, 6.45) is 3.96. The van der Waals surface area contributed by atoms with Gasteiger partial charge in [0.15, 0.2) is 11.5 Å². The zero-order valence-electron chi connectivity index (χ0n) is 27.3. The summed E-state index contributed by atoms with van der Waals surface area (Å²) >= 11 is 0. The Morgan fingerprint density at radius 1 is 0.725 bits per heavy atom. The van der Waals surface area contributed by atoms with E-state index in [0.717, 1.165) is 11.6 Å². The van der Waals surface area contributed by atoms with E-state index >= 15 is 8.78 Å². The lowest BCUT2D eigenvalue weighted by Gasteiger charge is -2.34. The Kier molecular flexibility index (Phi) is 10.5. The number of hydrogen-bond acceptors (Lipinski definition) is 4. The van der Waals surface area contributed by atoms with Crippen molar-refractivity contribution in [1.82, 2.24) is 0 Å². The quantitative estimate of drug-likeness (QED) is 0.0785. The number of halogens is 9. The van der Waals surface area contributed by atoms with Crippen LogP contribution in [-0.2, 0) is 21.8 Å².